The minimum absolute atomic E-state index is 0.260. The SMILES string of the molecule is COc1ccc(C(O)[C@H]2CCCN2CC(C)C)cc1. The number of benzene rings is 1. The number of aliphatic hydroxyl groups is 1. The quantitative estimate of drug-likeness (QED) is 0.886. The molecule has 2 rings (SSSR count). The van der Waals surface area contributed by atoms with Crippen molar-refractivity contribution in [3.63, 3.8) is 0 Å². The Morgan fingerprint density at radius 3 is 2.58 bits per heavy atom. The molecule has 1 aromatic rings. The molecule has 1 aliphatic heterocycles. The summed E-state index contributed by atoms with van der Waals surface area (Å²) in [5.41, 5.74) is 0.987. The van der Waals surface area contributed by atoms with Crippen LogP contribution in [0.2, 0.25) is 0 Å². The Morgan fingerprint density at radius 1 is 1.32 bits per heavy atom. The van der Waals surface area contributed by atoms with E-state index in [0.29, 0.717) is 5.92 Å². The minimum Gasteiger partial charge on any atom is -0.497 e. The van der Waals surface area contributed by atoms with Gasteiger partial charge in [-0.1, -0.05) is 26.0 Å². The second kappa shape index (κ2) is 6.40. The molecule has 1 N–H and O–H groups in total. The molecule has 1 heterocycles. The highest BCUT2D eigenvalue weighted by molar-refractivity contribution is 5.29. The van der Waals surface area contributed by atoms with Gasteiger partial charge in [-0.3, -0.25) is 4.90 Å². The Hall–Kier alpha value is -1.06. The standard InChI is InChI=1S/C16H25NO2/c1-12(2)11-17-10-4-5-15(17)16(18)13-6-8-14(19-3)9-7-13/h6-9,12,15-16,18H,4-5,10-11H2,1-3H3/t15-,16?/m1/s1. The maximum absolute atomic E-state index is 10.6. The third-order valence-corrected chi connectivity index (χ3v) is 3.84. The van der Waals surface area contributed by atoms with Crippen LogP contribution in [0.25, 0.3) is 0 Å². The van der Waals surface area contributed by atoms with E-state index in [0.717, 1.165) is 30.8 Å². The van der Waals surface area contributed by atoms with Crippen LogP contribution in [0.5, 0.6) is 5.75 Å². The van der Waals surface area contributed by atoms with E-state index < -0.39 is 6.10 Å². The fourth-order valence-electron chi connectivity index (χ4n) is 2.93. The highest BCUT2D eigenvalue weighted by Gasteiger charge is 2.31. The van der Waals surface area contributed by atoms with Crippen molar-refractivity contribution in [1.82, 2.24) is 4.90 Å². The Balaban J connectivity index is 2.06. The molecule has 1 aliphatic rings. The summed E-state index contributed by atoms with van der Waals surface area (Å²) in [5.74, 6) is 1.48. The first-order chi connectivity index (χ1) is 9.11. The zero-order valence-corrected chi connectivity index (χ0v) is 12.2. The number of aliphatic hydroxyl groups excluding tert-OH is 1. The first kappa shape index (κ1) is 14.4. The fourth-order valence-corrected chi connectivity index (χ4v) is 2.93. The monoisotopic (exact) mass is 263 g/mol. The molecule has 1 fully saturated rings. The molecule has 0 aliphatic carbocycles. The number of hydrogen-bond acceptors (Lipinski definition) is 3. The van der Waals surface area contributed by atoms with Gasteiger partial charge in [0.15, 0.2) is 0 Å². The van der Waals surface area contributed by atoms with Crippen molar-refractivity contribution in [2.24, 2.45) is 5.92 Å². The number of methoxy groups -OCH3 is 1. The lowest BCUT2D eigenvalue weighted by atomic mass is 9.99. The molecule has 19 heavy (non-hydrogen) atoms. The highest BCUT2D eigenvalue weighted by atomic mass is 16.5. The van der Waals surface area contributed by atoms with Gasteiger partial charge in [0.1, 0.15) is 5.75 Å². The van der Waals surface area contributed by atoms with E-state index in [-0.39, 0.29) is 6.04 Å². The maximum Gasteiger partial charge on any atom is 0.118 e. The van der Waals surface area contributed by atoms with E-state index in [4.69, 9.17) is 4.74 Å². The van der Waals surface area contributed by atoms with E-state index in [1.165, 1.54) is 6.42 Å². The van der Waals surface area contributed by atoms with Crippen LogP contribution in [0.4, 0.5) is 0 Å². The molecule has 1 saturated heterocycles. The third kappa shape index (κ3) is 3.48. The predicted molar refractivity (Wildman–Crippen MR) is 77.4 cm³/mol. The topological polar surface area (TPSA) is 32.7 Å². The molecule has 1 aromatic carbocycles. The fraction of sp³-hybridized carbons (Fsp3) is 0.625. The van der Waals surface area contributed by atoms with Crippen molar-refractivity contribution < 1.29 is 9.84 Å². The van der Waals surface area contributed by atoms with Crippen LogP contribution in [0.15, 0.2) is 24.3 Å². The van der Waals surface area contributed by atoms with Gasteiger partial charge < -0.3 is 9.84 Å². The molecular formula is C16H25NO2. The van der Waals surface area contributed by atoms with Crippen molar-refractivity contribution in [3.8, 4) is 5.75 Å². The zero-order valence-electron chi connectivity index (χ0n) is 12.2. The molecule has 106 valence electrons. The first-order valence-corrected chi connectivity index (χ1v) is 7.18. The second-order valence-corrected chi connectivity index (χ2v) is 5.82. The average Bonchev–Trinajstić information content (AvgIpc) is 2.85. The maximum atomic E-state index is 10.6. The van der Waals surface area contributed by atoms with Crippen molar-refractivity contribution >= 4 is 0 Å². The Bertz CT molecular complexity index is 388. The van der Waals surface area contributed by atoms with Crippen molar-refractivity contribution in [2.75, 3.05) is 20.2 Å². The third-order valence-electron chi connectivity index (χ3n) is 3.84. The van der Waals surface area contributed by atoms with Crippen LogP contribution in [0.1, 0.15) is 38.4 Å². The van der Waals surface area contributed by atoms with E-state index >= 15 is 0 Å². The zero-order chi connectivity index (χ0) is 13.8. The van der Waals surface area contributed by atoms with Crippen molar-refractivity contribution in [2.45, 2.75) is 38.8 Å². The van der Waals surface area contributed by atoms with E-state index in [2.05, 4.69) is 18.7 Å². The minimum atomic E-state index is -0.396. The van der Waals surface area contributed by atoms with Crippen LogP contribution in [-0.4, -0.2) is 36.2 Å². The molecule has 0 aromatic heterocycles. The summed E-state index contributed by atoms with van der Waals surface area (Å²) in [6.07, 6.45) is 1.87. The van der Waals surface area contributed by atoms with Crippen molar-refractivity contribution in [1.29, 1.82) is 0 Å². The predicted octanol–water partition coefficient (Wildman–Crippen LogP) is 2.85. The molecular weight excluding hydrogens is 238 g/mol. The smallest absolute Gasteiger partial charge is 0.118 e. The average molecular weight is 263 g/mol. The molecule has 3 heteroatoms. The van der Waals surface area contributed by atoms with Gasteiger partial charge in [0.05, 0.1) is 13.2 Å². The lowest BCUT2D eigenvalue weighted by molar-refractivity contribution is 0.0668. The lowest BCUT2D eigenvalue weighted by Crippen LogP contribution is -2.36. The van der Waals surface area contributed by atoms with E-state index in [9.17, 15) is 5.11 Å². The van der Waals surface area contributed by atoms with Crippen LogP contribution in [0.3, 0.4) is 0 Å². The largest absolute Gasteiger partial charge is 0.497 e. The lowest BCUT2D eigenvalue weighted by Gasteiger charge is -2.30. The summed E-state index contributed by atoms with van der Waals surface area (Å²) in [6, 6.07) is 8.03. The first-order valence-electron chi connectivity index (χ1n) is 7.18. The van der Waals surface area contributed by atoms with Crippen LogP contribution in [0, 0.1) is 5.92 Å². The van der Waals surface area contributed by atoms with Crippen molar-refractivity contribution in [3.05, 3.63) is 29.8 Å². The summed E-state index contributed by atoms with van der Waals surface area (Å²) in [5, 5.41) is 10.6. The van der Waals surface area contributed by atoms with Gasteiger partial charge in [0, 0.05) is 12.6 Å². The summed E-state index contributed by atoms with van der Waals surface area (Å²) >= 11 is 0. The summed E-state index contributed by atoms with van der Waals surface area (Å²) < 4.78 is 5.16. The van der Waals surface area contributed by atoms with Gasteiger partial charge in [-0.05, 0) is 43.0 Å². The molecule has 0 amide bonds. The molecule has 3 nitrogen and oxygen atoms in total. The Labute approximate surface area is 116 Å². The molecule has 0 spiro atoms. The van der Waals surface area contributed by atoms with E-state index in [1.54, 1.807) is 7.11 Å². The Morgan fingerprint density at radius 2 is 2.00 bits per heavy atom. The van der Waals surface area contributed by atoms with Gasteiger partial charge in [-0.25, -0.2) is 0 Å². The highest BCUT2D eigenvalue weighted by Crippen LogP contribution is 2.30. The number of hydrogen-bond donors (Lipinski definition) is 1. The van der Waals surface area contributed by atoms with E-state index in [1.807, 2.05) is 24.3 Å². The molecule has 2 atom stereocenters. The Kier molecular flexibility index (Phi) is 4.83. The summed E-state index contributed by atoms with van der Waals surface area (Å²) in [7, 11) is 1.66. The molecule has 1 unspecified atom stereocenters. The van der Waals surface area contributed by atoms with Crippen LogP contribution >= 0.6 is 0 Å². The van der Waals surface area contributed by atoms with Gasteiger partial charge in [-0.2, -0.15) is 0 Å². The van der Waals surface area contributed by atoms with Gasteiger partial charge in [-0.15, -0.1) is 0 Å². The van der Waals surface area contributed by atoms with Gasteiger partial charge >= 0.3 is 0 Å². The van der Waals surface area contributed by atoms with Crippen LogP contribution < -0.4 is 4.74 Å². The molecule has 0 saturated carbocycles. The van der Waals surface area contributed by atoms with Gasteiger partial charge in [0.2, 0.25) is 0 Å². The number of likely N-dealkylation sites (tertiary alicyclic amines) is 1. The van der Waals surface area contributed by atoms with Crippen LogP contribution in [-0.2, 0) is 0 Å². The number of rotatable bonds is 5. The number of ether oxygens (including phenoxy) is 1. The second-order valence-electron chi connectivity index (χ2n) is 5.82. The normalized spacial score (nSPS) is 21.8. The summed E-state index contributed by atoms with van der Waals surface area (Å²) in [6.45, 7) is 6.64. The van der Waals surface area contributed by atoms with Gasteiger partial charge in [0.25, 0.3) is 0 Å². The summed E-state index contributed by atoms with van der Waals surface area (Å²) in [4.78, 5) is 2.43. The number of nitrogens with zero attached hydrogens (tertiary/aromatic N) is 1. The molecule has 0 radical (unpaired) electrons. The molecule has 0 bridgehead atoms.